The van der Waals surface area contributed by atoms with Crippen LogP contribution >= 0.6 is 15.9 Å². The highest BCUT2D eigenvalue weighted by molar-refractivity contribution is 9.10. The van der Waals surface area contributed by atoms with E-state index >= 15 is 0 Å². The van der Waals surface area contributed by atoms with Crippen LogP contribution in [-0.2, 0) is 6.42 Å². The van der Waals surface area contributed by atoms with Gasteiger partial charge in [0.2, 0.25) is 0 Å². The lowest BCUT2D eigenvalue weighted by molar-refractivity contribution is 0.179. The maximum Gasteiger partial charge on any atom is 0.124 e. The number of anilines is 1. The number of benzene rings is 1. The average Bonchev–Trinajstić information content (AvgIpc) is 2.68. The molecule has 0 aliphatic rings. The molecule has 0 bridgehead atoms. The zero-order valence-corrected chi connectivity index (χ0v) is 10.4. The summed E-state index contributed by atoms with van der Waals surface area (Å²) in [6.45, 7) is 0. The third-order valence-electron chi connectivity index (χ3n) is 2.49. The van der Waals surface area contributed by atoms with Gasteiger partial charge in [0.15, 0.2) is 0 Å². The Hall–Kier alpha value is -1.40. The van der Waals surface area contributed by atoms with E-state index in [0.717, 1.165) is 5.56 Å². The molecule has 0 saturated heterocycles. The molecule has 0 radical (unpaired) electrons. The van der Waals surface area contributed by atoms with Crippen molar-refractivity contribution in [2.45, 2.75) is 12.5 Å². The largest absolute Gasteiger partial charge is 0.388 e. The first-order valence-electron chi connectivity index (χ1n) is 4.98. The highest BCUT2D eigenvalue weighted by Crippen LogP contribution is 2.26. The molecule has 0 spiro atoms. The Morgan fingerprint density at radius 3 is 2.88 bits per heavy atom. The standard InChI is InChI=1S/C11H11BrFN3O/c12-9-4-7(13)2-1-6(9)3-10(17)8-5-15-16-11(8)14/h1-2,4-5,10,17H,3H2,(H3,14,15,16). The number of nitrogens with two attached hydrogens (primary N) is 1. The summed E-state index contributed by atoms with van der Waals surface area (Å²) < 4.78 is 13.5. The topological polar surface area (TPSA) is 74.9 Å². The van der Waals surface area contributed by atoms with Crippen LogP contribution in [0, 0.1) is 5.82 Å². The molecule has 0 fully saturated rings. The highest BCUT2D eigenvalue weighted by Gasteiger charge is 2.15. The van der Waals surface area contributed by atoms with Gasteiger partial charge in [-0.15, -0.1) is 0 Å². The van der Waals surface area contributed by atoms with Crippen molar-refractivity contribution in [2.24, 2.45) is 0 Å². The number of halogens is 2. The maximum atomic E-state index is 12.9. The fourth-order valence-electron chi connectivity index (χ4n) is 1.58. The Kier molecular flexibility index (Phi) is 3.44. The number of rotatable bonds is 3. The minimum Gasteiger partial charge on any atom is -0.388 e. The summed E-state index contributed by atoms with van der Waals surface area (Å²) in [5.74, 6) is 0.0219. The lowest BCUT2D eigenvalue weighted by Crippen LogP contribution is -2.04. The van der Waals surface area contributed by atoms with Crippen LogP contribution in [-0.4, -0.2) is 15.3 Å². The van der Waals surface area contributed by atoms with Gasteiger partial charge in [0.1, 0.15) is 11.6 Å². The SMILES string of the molecule is Nc1[nH]ncc1C(O)Cc1ccc(F)cc1Br. The summed E-state index contributed by atoms with van der Waals surface area (Å²) in [7, 11) is 0. The van der Waals surface area contributed by atoms with Crippen molar-refractivity contribution in [3.8, 4) is 0 Å². The molecule has 90 valence electrons. The molecule has 0 saturated carbocycles. The second-order valence-corrected chi connectivity index (χ2v) is 4.55. The summed E-state index contributed by atoms with van der Waals surface area (Å²) >= 11 is 3.25. The number of aromatic amines is 1. The van der Waals surface area contributed by atoms with E-state index in [9.17, 15) is 9.50 Å². The van der Waals surface area contributed by atoms with Gasteiger partial charge in [-0.3, -0.25) is 5.10 Å². The van der Waals surface area contributed by atoms with Crippen LogP contribution in [0.5, 0.6) is 0 Å². The number of H-pyrrole nitrogens is 1. The van der Waals surface area contributed by atoms with Crippen molar-refractivity contribution < 1.29 is 9.50 Å². The minimum atomic E-state index is -0.768. The van der Waals surface area contributed by atoms with Crippen LogP contribution in [0.1, 0.15) is 17.2 Å². The fraction of sp³-hybridized carbons (Fsp3) is 0.182. The first-order chi connectivity index (χ1) is 8.08. The summed E-state index contributed by atoms with van der Waals surface area (Å²) in [6, 6.07) is 4.34. The van der Waals surface area contributed by atoms with Crippen LogP contribution in [0.2, 0.25) is 0 Å². The number of nitrogen functional groups attached to an aromatic ring is 1. The van der Waals surface area contributed by atoms with E-state index in [-0.39, 0.29) is 5.82 Å². The third-order valence-corrected chi connectivity index (χ3v) is 3.23. The molecule has 2 aromatic rings. The zero-order chi connectivity index (χ0) is 12.4. The second-order valence-electron chi connectivity index (χ2n) is 3.69. The van der Waals surface area contributed by atoms with Gasteiger partial charge < -0.3 is 10.8 Å². The summed E-state index contributed by atoms with van der Waals surface area (Å²) in [5.41, 5.74) is 6.96. The van der Waals surface area contributed by atoms with Crippen LogP contribution in [0.3, 0.4) is 0 Å². The molecule has 0 aliphatic heterocycles. The van der Waals surface area contributed by atoms with Gasteiger partial charge >= 0.3 is 0 Å². The number of nitrogens with one attached hydrogen (secondary N) is 1. The van der Waals surface area contributed by atoms with Gasteiger partial charge in [-0.05, 0) is 17.7 Å². The van der Waals surface area contributed by atoms with Crippen molar-refractivity contribution in [2.75, 3.05) is 5.73 Å². The van der Waals surface area contributed by atoms with E-state index < -0.39 is 6.10 Å². The summed E-state index contributed by atoms with van der Waals surface area (Å²) in [5, 5.41) is 16.3. The Morgan fingerprint density at radius 2 is 2.29 bits per heavy atom. The number of aliphatic hydroxyl groups excluding tert-OH is 1. The van der Waals surface area contributed by atoms with E-state index in [1.807, 2.05) is 0 Å². The third kappa shape index (κ3) is 2.65. The van der Waals surface area contributed by atoms with Crippen molar-refractivity contribution in [1.82, 2.24) is 10.2 Å². The van der Waals surface area contributed by atoms with E-state index in [2.05, 4.69) is 26.1 Å². The number of hydrogen-bond acceptors (Lipinski definition) is 3. The molecule has 1 aromatic heterocycles. The van der Waals surface area contributed by atoms with Crippen molar-refractivity contribution in [3.63, 3.8) is 0 Å². The number of aromatic nitrogens is 2. The van der Waals surface area contributed by atoms with Gasteiger partial charge in [-0.25, -0.2) is 4.39 Å². The van der Waals surface area contributed by atoms with E-state index in [1.165, 1.54) is 18.3 Å². The molecule has 4 N–H and O–H groups in total. The first-order valence-corrected chi connectivity index (χ1v) is 5.78. The van der Waals surface area contributed by atoms with Gasteiger partial charge in [0.05, 0.1) is 12.3 Å². The van der Waals surface area contributed by atoms with E-state index in [4.69, 9.17) is 5.73 Å². The van der Waals surface area contributed by atoms with Crippen LogP contribution in [0.25, 0.3) is 0 Å². The normalized spacial score (nSPS) is 12.6. The molecule has 1 unspecified atom stereocenters. The molecule has 1 aromatic carbocycles. The molecule has 1 atom stereocenters. The Labute approximate surface area is 106 Å². The van der Waals surface area contributed by atoms with Crippen LogP contribution in [0.15, 0.2) is 28.9 Å². The van der Waals surface area contributed by atoms with Crippen molar-refractivity contribution >= 4 is 21.7 Å². The second kappa shape index (κ2) is 4.85. The Bertz CT molecular complexity index is 529. The Morgan fingerprint density at radius 1 is 1.53 bits per heavy atom. The van der Waals surface area contributed by atoms with Gasteiger partial charge in [-0.1, -0.05) is 22.0 Å². The molecule has 1 heterocycles. The lowest BCUT2D eigenvalue weighted by atomic mass is 10.0. The fourth-order valence-corrected chi connectivity index (χ4v) is 2.09. The quantitative estimate of drug-likeness (QED) is 0.813. The number of aliphatic hydroxyl groups is 1. The predicted molar refractivity (Wildman–Crippen MR) is 65.8 cm³/mol. The van der Waals surface area contributed by atoms with Crippen LogP contribution in [0.4, 0.5) is 10.2 Å². The maximum absolute atomic E-state index is 12.9. The molecule has 2 rings (SSSR count). The minimum absolute atomic E-state index is 0.321. The molecular weight excluding hydrogens is 289 g/mol. The first kappa shape index (κ1) is 12.1. The molecule has 6 heteroatoms. The van der Waals surface area contributed by atoms with Crippen molar-refractivity contribution in [1.29, 1.82) is 0 Å². The molecule has 17 heavy (non-hydrogen) atoms. The molecule has 4 nitrogen and oxygen atoms in total. The van der Waals surface area contributed by atoms with Gasteiger partial charge in [-0.2, -0.15) is 5.10 Å². The molecule has 0 aliphatic carbocycles. The van der Waals surface area contributed by atoms with Crippen LogP contribution < -0.4 is 5.73 Å². The monoisotopic (exact) mass is 299 g/mol. The van der Waals surface area contributed by atoms with Gasteiger partial charge in [0.25, 0.3) is 0 Å². The van der Waals surface area contributed by atoms with E-state index in [1.54, 1.807) is 6.07 Å². The zero-order valence-electron chi connectivity index (χ0n) is 8.82. The summed E-state index contributed by atoms with van der Waals surface area (Å²) in [6.07, 6.45) is 1.05. The molecular formula is C11H11BrFN3O. The Balaban J connectivity index is 2.19. The lowest BCUT2D eigenvalue weighted by Gasteiger charge is -2.11. The summed E-state index contributed by atoms with van der Waals surface area (Å²) in [4.78, 5) is 0. The van der Waals surface area contributed by atoms with Gasteiger partial charge in [0, 0.05) is 16.5 Å². The smallest absolute Gasteiger partial charge is 0.124 e. The van der Waals surface area contributed by atoms with Crippen molar-refractivity contribution in [3.05, 3.63) is 45.8 Å². The predicted octanol–water partition coefficient (Wildman–Crippen LogP) is 2.17. The molecule has 0 amide bonds. The number of hydrogen-bond donors (Lipinski definition) is 3. The van der Waals surface area contributed by atoms with E-state index in [0.29, 0.717) is 22.3 Å². The number of nitrogens with zero attached hydrogens (tertiary/aromatic N) is 1. The highest BCUT2D eigenvalue weighted by atomic mass is 79.9. The average molecular weight is 300 g/mol.